The van der Waals surface area contributed by atoms with Crippen molar-refractivity contribution >= 4 is 39.2 Å². The molecule has 1 aliphatic rings. The molecule has 0 amide bonds. The van der Waals surface area contributed by atoms with Crippen LogP contribution in [0.5, 0.6) is 5.75 Å². The second-order valence-corrected chi connectivity index (χ2v) is 8.79. The molecule has 0 radical (unpaired) electrons. The van der Waals surface area contributed by atoms with E-state index in [-0.39, 0.29) is 33.8 Å². The number of hydrogen-bond acceptors (Lipinski definition) is 4. The lowest BCUT2D eigenvalue weighted by atomic mass is 9.98. The first-order chi connectivity index (χ1) is 12.8. The van der Waals surface area contributed by atoms with E-state index < -0.39 is 27.7 Å². The van der Waals surface area contributed by atoms with Crippen LogP contribution in [0.2, 0.25) is 10.0 Å². The number of esters is 1. The molecule has 9 heteroatoms. The van der Waals surface area contributed by atoms with Crippen molar-refractivity contribution in [1.82, 2.24) is 4.31 Å². The number of halogens is 3. The monoisotopic (exact) mass is 431 g/mol. The van der Waals surface area contributed by atoms with Gasteiger partial charge in [-0.2, -0.15) is 4.31 Å². The molecule has 0 aromatic heterocycles. The van der Waals surface area contributed by atoms with Crippen LogP contribution in [0.15, 0.2) is 47.4 Å². The highest BCUT2D eigenvalue weighted by Gasteiger charge is 2.35. The number of carbonyl (C=O) groups is 1. The second-order valence-electron chi connectivity index (χ2n) is 6.10. The summed E-state index contributed by atoms with van der Waals surface area (Å²) in [4.78, 5) is 12.1. The first kappa shape index (κ1) is 20.1. The Kier molecular flexibility index (Phi) is 6.05. The van der Waals surface area contributed by atoms with E-state index in [1.807, 2.05) is 0 Å². The standard InChI is InChI=1S/C18H16Cl2FNO4S/c19-15-2-1-3-16(20)17(15)27(24,25)22-10-8-12(9-11-22)18(23)26-14-6-4-13(21)5-7-14/h1-7,12H,8-11H2. The highest BCUT2D eigenvalue weighted by molar-refractivity contribution is 7.89. The zero-order chi connectivity index (χ0) is 19.6. The van der Waals surface area contributed by atoms with Gasteiger partial charge in [-0.15, -0.1) is 0 Å². The van der Waals surface area contributed by atoms with E-state index in [1.165, 1.54) is 40.7 Å². The Balaban J connectivity index is 1.66. The third-order valence-corrected chi connectivity index (χ3v) is 7.19. The Morgan fingerprint density at radius 2 is 1.59 bits per heavy atom. The van der Waals surface area contributed by atoms with Gasteiger partial charge in [0.05, 0.1) is 16.0 Å². The van der Waals surface area contributed by atoms with Crippen LogP contribution in [-0.4, -0.2) is 31.8 Å². The van der Waals surface area contributed by atoms with Crippen LogP contribution in [0.1, 0.15) is 12.8 Å². The molecule has 1 fully saturated rings. The van der Waals surface area contributed by atoms with Crippen LogP contribution >= 0.6 is 23.2 Å². The van der Waals surface area contributed by atoms with E-state index in [0.29, 0.717) is 12.8 Å². The topological polar surface area (TPSA) is 63.7 Å². The number of benzene rings is 2. The van der Waals surface area contributed by atoms with Crippen molar-refractivity contribution in [1.29, 1.82) is 0 Å². The summed E-state index contributed by atoms with van der Waals surface area (Å²) in [6.07, 6.45) is 0.614. The van der Waals surface area contributed by atoms with Gasteiger partial charge in [0.2, 0.25) is 10.0 Å². The minimum atomic E-state index is -3.86. The second kappa shape index (κ2) is 8.14. The number of ether oxygens (including phenoxy) is 1. The summed E-state index contributed by atoms with van der Waals surface area (Å²) < 4.78 is 45.1. The number of rotatable bonds is 4. The van der Waals surface area contributed by atoms with Gasteiger partial charge in [0.15, 0.2) is 0 Å². The molecular weight excluding hydrogens is 416 g/mol. The SMILES string of the molecule is O=C(Oc1ccc(F)cc1)C1CCN(S(=O)(=O)c2c(Cl)cccc2Cl)CC1. The van der Waals surface area contributed by atoms with Crippen LogP contribution in [0, 0.1) is 11.7 Å². The Morgan fingerprint density at radius 3 is 2.15 bits per heavy atom. The largest absolute Gasteiger partial charge is 0.426 e. The smallest absolute Gasteiger partial charge is 0.314 e. The van der Waals surface area contributed by atoms with Crippen molar-refractivity contribution in [3.8, 4) is 5.75 Å². The molecule has 1 aliphatic heterocycles. The molecule has 0 spiro atoms. The van der Waals surface area contributed by atoms with Crippen molar-refractivity contribution in [3.05, 3.63) is 58.3 Å². The Bertz CT molecular complexity index is 922. The highest BCUT2D eigenvalue weighted by Crippen LogP contribution is 2.33. The molecule has 27 heavy (non-hydrogen) atoms. The predicted octanol–water partition coefficient (Wildman–Crippen LogP) is 4.14. The molecule has 5 nitrogen and oxygen atoms in total. The molecular formula is C18H16Cl2FNO4S. The van der Waals surface area contributed by atoms with Crippen LogP contribution in [0.3, 0.4) is 0 Å². The molecule has 3 rings (SSSR count). The first-order valence-electron chi connectivity index (χ1n) is 8.20. The summed E-state index contributed by atoms with van der Waals surface area (Å²) in [6, 6.07) is 9.64. The van der Waals surface area contributed by atoms with E-state index in [1.54, 1.807) is 6.07 Å². The molecule has 2 aromatic rings. The van der Waals surface area contributed by atoms with Crippen LogP contribution < -0.4 is 4.74 Å². The van der Waals surface area contributed by atoms with E-state index in [0.717, 1.165) is 0 Å². The molecule has 0 bridgehead atoms. The van der Waals surface area contributed by atoms with Gasteiger partial charge < -0.3 is 4.74 Å². The van der Waals surface area contributed by atoms with Crippen molar-refractivity contribution in [2.24, 2.45) is 5.92 Å². The maximum Gasteiger partial charge on any atom is 0.314 e. The summed E-state index contributed by atoms with van der Waals surface area (Å²) in [6.45, 7) is 0.292. The summed E-state index contributed by atoms with van der Waals surface area (Å²) >= 11 is 12.0. The molecule has 1 heterocycles. The zero-order valence-corrected chi connectivity index (χ0v) is 16.4. The fraction of sp³-hybridized carbons (Fsp3) is 0.278. The fourth-order valence-corrected chi connectivity index (χ4v) is 5.45. The molecule has 0 aliphatic carbocycles. The maximum absolute atomic E-state index is 12.9. The van der Waals surface area contributed by atoms with Gasteiger partial charge in [-0.1, -0.05) is 29.3 Å². The molecule has 0 saturated carbocycles. The van der Waals surface area contributed by atoms with Crippen molar-refractivity contribution in [3.63, 3.8) is 0 Å². The number of piperidine rings is 1. The highest BCUT2D eigenvalue weighted by atomic mass is 35.5. The van der Waals surface area contributed by atoms with Crippen LogP contribution in [-0.2, 0) is 14.8 Å². The number of carbonyl (C=O) groups excluding carboxylic acids is 1. The Morgan fingerprint density at radius 1 is 1.04 bits per heavy atom. The van der Waals surface area contributed by atoms with Gasteiger partial charge in [0.25, 0.3) is 0 Å². The average molecular weight is 432 g/mol. The lowest BCUT2D eigenvalue weighted by molar-refractivity contribution is -0.140. The molecule has 0 unspecified atom stereocenters. The molecule has 0 N–H and O–H groups in total. The Labute approximate surface area is 166 Å². The van der Waals surface area contributed by atoms with E-state index in [2.05, 4.69) is 0 Å². The van der Waals surface area contributed by atoms with Gasteiger partial charge in [0.1, 0.15) is 16.5 Å². The van der Waals surface area contributed by atoms with Crippen LogP contribution in [0.4, 0.5) is 4.39 Å². The lowest BCUT2D eigenvalue weighted by Gasteiger charge is -2.30. The quantitative estimate of drug-likeness (QED) is 0.538. The minimum absolute atomic E-state index is 0.0559. The van der Waals surface area contributed by atoms with Crippen LogP contribution in [0.25, 0.3) is 0 Å². The molecule has 0 atom stereocenters. The summed E-state index contributed by atoms with van der Waals surface area (Å²) in [5.74, 6) is -1.08. The molecule has 1 saturated heterocycles. The number of nitrogens with zero attached hydrogens (tertiary/aromatic N) is 1. The fourth-order valence-electron chi connectivity index (χ4n) is 2.89. The van der Waals surface area contributed by atoms with Gasteiger partial charge in [-0.05, 0) is 49.2 Å². The van der Waals surface area contributed by atoms with Crippen molar-refractivity contribution in [2.45, 2.75) is 17.7 Å². The minimum Gasteiger partial charge on any atom is -0.426 e. The van der Waals surface area contributed by atoms with E-state index in [4.69, 9.17) is 27.9 Å². The van der Waals surface area contributed by atoms with Gasteiger partial charge in [-0.3, -0.25) is 4.79 Å². The zero-order valence-electron chi connectivity index (χ0n) is 14.1. The van der Waals surface area contributed by atoms with Crippen molar-refractivity contribution < 1.29 is 22.3 Å². The number of sulfonamides is 1. The van der Waals surface area contributed by atoms with Gasteiger partial charge >= 0.3 is 5.97 Å². The van der Waals surface area contributed by atoms with Crippen molar-refractivity contribution in [2.75, 3.05) is 13.1 Å². The van der Waals surface area contributed by atoms with Gasteiger partial charge in [0, 0.05) is 13.1 Å². The predicted molar refractivity (Wildman–Crippen MR) is 100.0 cm³/mol. The number of hydrogen-bond donors (Lipinski definition) is 0. The Hall–Kier alpha value is -1.67. The maximum atomic E-state index is 12.9. The van der Waals surface area contributed by atoms with E-state index >= 15 is 0 Å². The van der Waals surface area contributed by atoms with Gasteiger partial charge in [-0.25, -0.2) is 12.8 Å². The molecule has 144 valence electrons. The van der Waals surface area contributed by atoms with E-state index in [9.17, 15) is 17.6 Å². The average Bonchev–Trinajstić information content (AvgIpc) is 2.63. The summed E-state index contributed by atoms with van der Waals surface area (Å²) in [5.41, 5.74) is 0. The molecule has 2 aromatic carbocycles. The lowest BCUT2D eigenvalue weighted by Crippen LogP contribution is -2.41. The summed E-state index contributed by atoms with van der Waals surface area (Å²) in [7, 11) is -3.86. The summed E-state index contributed by atoms with van der Waals surface area (Å²) in [5, 5.41) is 0.112. The first-order valence-corrected chi connectivity index (χ1v) is 10.4. The third kappa shape index (κ3) is 4.43. The normalized spacial score (nSPS) is 16.3. The third-order valence-electron chi connectivity index (χ3n) is 4.34.